The highest BCUT2D eigenvalue weighted by Crippen LogP contribution is 2.29. The van der Waals surface area contributed by atoms with E-state index in [1.54, 1.807) is 20.8 Å². The Morgan fingerprint density at radius 1 is 1.11 bits per heavy atom. The van der Waals surface area contributed by atoms with Crippen LogP contribution in [0.2, 0.25) is 0 Å². The van der Waals surface area contributed by atoms with Gasteiger partial charge in [0.05, 0.1) is 11.3 Å². The van der Waals surface area contributed by atoms with Crippen molar-refractivity contribution in [1.82, 2.24) is 10.2 Å². The molecule has 0 saturated heterocycles. The van der Waals surface area contributed by atoms with Crippen LogP contribution in [0, 0.1) is 37.0 Å². The molecule has 1 N–H and O–H groups in total. The lowest BCUT2D eigenvalue weighted by Crippen LogP contribution is -2.01. The van der Waals surface area contributed by atoms with Crippen LogP contribution in [0.1, 0.15) is 16.7 Å². The monoisotopic (exact) mass is 266 g/mol. The predicted molar refractivity (Wildman–Crippen MR) is 69.0 cm³/mol. The average Bonchev–Trinajstić information content (AvgIpc) is 2.34. The highest BCUT2D eigenvalue weighted by atomic mass is 32.1. The van der Waals surface area contributed by atoms with E-state index in [1.165, 1.54) is 12.1 Å². The van der Waals surface area contributed by atoms with E-state index in [1.807, 2.05) is 0 Å². The number of aryl methyl sites for hydroxylation is 1. The van der Waals surface area contributed by atoms with E-state index in [0.717, 1.165) is 5.56 Å². The van der Waals surface area contributed by atoms with E-state index in [9.17, 15) is 8.78 Å². The van der Waals surface area contributed by atoms with E-state index in [2.05, 4.69) is 10.2 Å². The molecule has 94 valence electrons. The molecule has 18 heavy (non-hydrogen) atoms. The molecule has 0 atom stereocenters. The normalized spacial score (nSPS) is 10.7. The van der Waals surface area contributed by atoms with Crippen molar-refractivity contribution in [1.29, 1.82) is 0 Å². The lowest BCUT2D eigenvalue weighted by Gasteiger charge is -2.10. The fourth-order valence-corrected chi connectivity index (χ4v) is 1.94. The number of nitrogens with zero attached hydrogens (tertiary/aromatic N) is 1. The molecule has 0 fully saturated rings. The van der Waals surface area contributed by atoms with E-state index in [0.29, 0.717) is 15.8 Å². The molecule has 0 aliphatic rings. The molecule has 1 heterocycles. The SMILES string of the molecule is Cc1ccc(F)c(-c2n[nH]c(=S)c(C)c2C)c1F. The van der Waals surface area contributed by atoms with Gasteiger partial charge in [-0.1, -0.05) is 18.3 Å². The highest BCUT2D eigenvalue weighted by Gasteiger charge is 2.18. The van der Waals surface area contributed by atoms with Gasteiger partial charge < -0.3 is 0 Å². The van der Waals surface area contributed by atoms with Gasteiger partial charge in [-0.3, -0.25) is 5.10 Å². The summed E-state index contributed by atoms with van der Waals surface area (Å²) in [4.78, 5) is 0. The number of benzene rings is 1. The number of halogens is 2. The van der Waals surface area contributed by atoms with Crippen LogP contribution in [0.5, 0.6) is 0 Å². The van der Waals surface area contributed by atoms with Crippen molar-refractivity contribution >= 4 is 12.2 Å². The van der Waals surface area contributed by atoms with E-state index in [4.69, 9.17) is 12.2 Å². The van der Waals surface area contributed by atoms with Crippen LogP contribution in [0.3, 0.4) is 0 Å². The van der Waals surface area contributed by atoms with Crippen LogP contribution in [0.15, 0.2) is 12.1 Å². The summed E-state index contributed by atoms with van der Waals surface area (Å²) in [5.74, 6) is -1.21. The molecule has 0 amide bonds. The summed E-state index contributed by atoms with van der Waals surface area (Å²) in [7, 11) is 0. The molecular formula is C13H12F2N2S. The molecule has 0 bridgehead atoms. The summed E-state index contributed by atoms with van der Waals surface area (Å²) in [5.41, 5.74) is 1.99. The number of aromatic amines is 1. The lowest BCUT2D eigenvalue weighted by atomic mass is 10.0. The van der Waals surface area contributed by atoms with Gasteiger partial charge in [0.15, 0.2) is 0 Å². The Morgan fingerprint density at radius 2 is 1.78 bits per heavy atom. The Balaban J connectivity index is 2.82. The van der Waals surface area contributed by atoms with Gasteiger partial charge in [0, 0.05) is 0 Å². The molecule has 2 rings (SSSR count). The molecule has 5 heteroatoms. The number of rotatable bonds is 1. The number of H-pyrrole nitrogens is 1. The summed E-state index contributed by atoms with van der Waals surface area (Å²) in [5, 5.41) is 6.58. The van der Waals surface area contributed by atoms with E-state index in [-0.39, 0.29) is 11.3 Å². The Kier molecular flexibility index (Phi) is 3.26. The summed E-state index contributed by atoms with van der Waals surface area (Å²) in [6.07, 6.45) is 0. The summed E-state index contributed by atoms with van der Waals surface area (Å²) in [6, 6.07) is 2.65. The number of aromatic nitrogens is 2. The van der Waals surface area contributed by atoms with Crippen LogP contribution in [0.4, 0.5) is 8.78 Å². The quantitative estimate of drug-likeness (QED) is 0.790. The molecule has 2 aromatic rings. The summed E-state index contributed by atoms with van der Waals surface area (Å²) >= 11 is 5.04. The first-order chi connectivity index (χ1) is 8.43. The predicted octanol–water partition coefficient (Wildman–Crippen LogP) is 4.01. The van der Waals surface area contributed by atoms with Gasteiger partial charge in [0.2, 0.25) is 0 Å². The Bertz CT molecular complexity index is 677. The maximum absolute atomic E-state index is 14.0. The first-order valence-electron chi connectivity index (χ1n) is 5.44. The number of hydrogen-bond acceptors (Lipinski definition) is 2. The van der Waals surface area contributed by atoms with Crippen LogP contribution in [-0.2, 0) is 0 Å². The standard InChI is InChI=1S/C13H12F2N2S/c1-6-4-5-9(14)10(11(6)15)12-7(2)8(3)13(18)17-16-12/h4-5H,1-3H3,(H,17,18). The molecule has 0 spiro atoms. The van der Waals surface area contributed by atoms with Gasteiger partial charge in [0.25, 0.3) is 0 Å². The number of hydrogen-bond donors (Lipinski definition) is 1. The second-order valence-corrected chi connectivity index (χ2v) is 4.61. The van der Waals surface area contributed by atoms with Crippen molar-refractivity contribution in [2.45, 2.75) is 20.8 Å². The van der Waals surface area contributed by atoms with Gasteiger partial charge in [-0.2, -0.15) is 5.10 Å². The molecule has 1 aromatic heterocycles. The van der Waals surface area contributed by atoms with Gasteiger partial charge in [-0.15, -0.1) is 0 Å². The molecule has 0 aliphatic heterocycles. The fourth-order valence-electron chi connectivity index (χ4n) is 1.74. The third-order valence-corrected chi connectivity index (χ3v) is 3.45. The summed E-state index contributed by atoms with van der Waals surface area (Å²) < 4.78 is 28.3. The Labute approximate surface area is 109 Å². The molecule has 0 saturated carbocycles. The maximum atomic E-state index is 14.0. The third-order valence-electron chi connectivity index (χ3n) is 3.05. The van der Waals surface area contributed by atoms with Gasteiger partial charge >= 0.3 is 0 Å². The van der Waals surface area contributed by atoms with Crippen LogP contribution < -0.4 is 0 Å². The first-order valence-corrected chi connectivity index (χ1v) is 5.85. The maximum Gasteiger partial charge on any atom is 0.138 e. The second-order valence-electron chi connectivity index (χ2n) is 4.20. The largest absolute Gasteiger partial charge is 0.267 e. The van der Waals surface area contributed by atoms with Crippen LogP contribution >= 0.6 is 12.2 Å². The first kappa shape index (κ1) is 12.8. The molecule has 0 radical (unpaired) electrons. The zero-order chi connectivity index (χ0) is 13.4. The summed E-state index contributed by atoms with van der Waals surface area (Å²) in [6.45, 7) is 5.14. The van der Waals surface area contributed by atoms with Gasteiger partial charge in [0.1, 0.15) is 16.3 Å². The fraction of sp³-hybridized carbons (Fsp3) is 0.231. The van der Waals surface area contributed by atoms with Crippen LogP contribution in [-0.4, -0.2) is 10.2 Å². The number of nitrogens with one attached hydrogen (secondary N) is 1. The van der Waals surface area contributed by atoms with E-state index >= 15 is 0 Å². The van der Waals surface area contributed by atoms with E-state index < -0.39 is 11.6 Å². The third kappa shape index (κ3) is 1.95. The zero-order valence-electron chi connectivity index (χ0n) is 10.3. The molecule has 2 nitrogen and oxygen atoms in total. The van der Waals surface area contributed by atoms with Crippen molar-refractivity contribution in [3.8, 4) is 11.3 Å². The topological polar surface area (TPSA) is 28.7 Å². The van der Waals surface area contributed by atoms with Gasteiger partial charge in [-0.05, 0) is 43.5 Å². The Morgan fingerprint density at radius 3 is 2.44 bits per heavy atom. The lowest BCUT2D eigenvalue weighted by molar-refractivity contribution is 0.582. The van der Waals surface area contributed by atoms with Gasteiger partial charge in [-0.25, -0.2) is 8.78 Å². The zero-order valence-corrected chi connectivity index (χ0v) is 11.1. The van der Waals surface area contributed by atoms with Crippen LogP contribution in [0.25, 0.3) is 11.3 Å². The van der Waals surface area contributed by atoms with Crippen molar-refractivity contribution in [2.75, 3.05) is 0 Å². The Hall–Kier alpha value is -1.62. The minimum absolute atomic E-state index is 0.109. The average molecular weight is 266 g/mol. The molecular weight excluding hydrogens is 254 g/mol. The minimum atomic E-state index is -0.626. The second kappa shape index (κ2) is 4.57. The molecule has 1 aromatic carbocycles. The highest BCUT2D eigenvalue weighted by molar-refractivity contribution is 7.71. The molecule has 0 unspecified atom stereocenters. The van der Waals surface area contributed by atoms with Crippen molar-refractivity contribution in [3.05, 3.63) is 45.1 Å². The smallest absolute Gasteiger partial charge is 0.138 e. The van der Waals surface area contributed by atoms with Crippen molar-refractivity contribution < 1.29 is 8.78 Å². The molecule has 0 aliphatic carbocycles. The minimum Gasteiger partial charge on any atom is -0.267 e. The van der Waals surface area contributed by atoms with Crippen molar-refractivity contribution in [2.24, 2.45) is 0 Å². The van der Waals surface area contributed by atoms with Crippen molar-refractivity contribution in [3.63, 3.8) is 0 Å².